The van der Waals surface area contributed by atoms with Crippen LogP contribution in [0.3, 0.4) is 0 Å². The lowest BCUT2D eigenvalue weighted by atomic mass is 9.99. The summed E-state index contributed by atoms with van der Waals surface area (Å²) >= 11 is 0. The molecule has 2 rings (SSSR count). The predicted octanol–water partition coefficient (Wildman–Crippen LogP) is 4.04. The maximum Gasteiger partial charge on any atom is 0.254 e. The van der Waals surface area contributed by atoms with Crippen LogP contribution >= 0.6 is 0 Å². The molecule has 0 aliphatic rings. The van der Waals surface area contributed by atoms with Gasteiger partial charge in [0.15, 0.2) is 0 Å². The number of rotatable bonds is 6. The van der Waals surface area contributed by atoms with Gasteiger partial charge in [0.25, 0.3) is 5.91 Å². The first-order valence-corrected chi connectivity index (χ1v) is 8.59. The molecule has 0 spiro atoms. The third kappa shape index (κ3) is 4.40. The van der Waals surface area contributed by atoms with Gasteiger partial charge in [-0.3, -0.25) is 4.79 Å². The van der Waals surface area contributed by atoms with E-state index in [1.165, 1.54) is 0 Å². The van der Waals surface area contributed by atoms with Crippen LogP contribution in [0.1, 0.15) is 55.3 Å². The van der Waals surface area contributed by atoms with Crippen molar-refractivity contribution >= 4 is 5.91 Å². The van der Waals surface area contributed by atoms with Crippen molar-refractivity contribution in [2.24, 2.45) is 0 Å². The van der Waals surface area contributed by atoms with Crippen molar-refractivity contribution in [1.29, 1.82) is 0 Å². The van der Waals surface area contributed by atoms with E-state index in [1.54, 1.807) is 31.4 Å². The number of amides is 1. The second-order valence-corrected chi connectivity index (χ2v) is 6.70. The standard InChI is InChI=1S/C21H27NO3/c1-14(2)22(15(3)4)21(24)17-11-9-16(10-12-17)20(23)18-7-6-8-19(13-18)25-5/h6-15,20,23H,1-5H3. The van der Waals surface area contributed by atoms with Crippen LogP contribution in [-0.2, 0) is 0 Å². The maximum absolute atomic E-state index is 12.7. The first kappa shape index (κ1) is 19.0. The lowest BCUT2D eigenvalue weighted by Gasteiger charge is -2.31. The van der Waals surface area contributed by atoms with E-state index in [0.717, 1.165) is 11.1 Å². The van der Waals surface area contributed by atoms with E-state index in [1.807, 2.05) is 56.9 Å². The number of hydrogen-bond acceptors (Lipinski definition) is 3. The Morgan fingerprint density at radius 1 is 0.960 bits per heavy atom. The first-order valence-electron chi connectivity index (χ1n) is 8.59. The number of benzene rings is 2. The quantitative estimate of drug-likeness (QED) is 0.863. The van der Waals surface area contributed by atoms with Crippen LogP contribution in [0.25, 0.3) is 0 Å². The Balaban J connectivity index is 2.22. The Hall–Kier alpha value is -2.33. The molecule has 1 N–H and O–H groups in total. The van der Waals surface area contributed by atoms with Crippen molar-refractivity contribution in [3.63, 3.8) is 0 Å². The molecule has 0 bridgehead atoms. The topological polar surface area (TPSA) is 49.8 Å². The summed E-state index contributed by atoms with van der Waals surface area (Å²) in [5.41, 5.74) is 2.12. The number of carbonyl (C=O) groups excluding carboxylic acids is 1. The molecule has 2 aromatic carbocycles. The van der Waals surface area contributed by atoms with Gasteiger partial charge in [0.2, 0.25) is 0 Å². The third-order valence-corrected chi connectivity index (χ3v) is 4.23. The summed E-state index contributed by atoms with van der Waals surface area (Å²) in [6, 6.07) is 14.8. The van der Waals surface area contributed by atoms with Crippen molar-refractivity contribution in [1.82, 2.24) is 4.90 Å². The van der Waals surface area contributed by atoms with Crippen LogP contribution in [0.4, 0.5) is 0 Å². The zero-order valence-corrected chi connectivity index (χ0v) is 15.6. The van der Waals surface area contributed by atoms with Gasteiger partial charge in [-0.25, -0.2) is 0 Å². The highest BCUT2D eigenvalue weighted by Gasteiger charge is 2.21. The molecule has 1 atom stereocenters. The lowest BCUT2D eigenvalue weighted by Crippen LogP contribution is -2.42. The fourth-order valence-corrected chi connectivity index (χ4v) is 3.03. The highest BCUT2D eigenvalue weighted by molar-refractivity contribution is 5.94. The normalized spacial score (nSPS) is 12.3. The molecule has 0 fully saturated rings. The minimum atomic E-state index is -0.759. The lowest BCUT2D eigenvalue weighted by molar-refractivity contribution is 0.0643. The molecule has 0 aliphatic carbocycles. The Kier molecular flexibility index (Phi) is 6.21. The number of hydrogen-bond donors (Lipinski definition) is 1. The van der Waals surface area contributed by atoms with Crippen LogP contribution in [0, 0.1) is 0 Å². The smallest absolute Gasteiger partial charge is 0.254 e. The van der Waals surface area contributed by atoms with Gasteiger partial charge in [0.1, 0.15) is 11.9 Å². The van der Waals surface area contributed by atoms with Gasteiger partial charge in [0.05, 0.1) is 7.11 Å². The monoisotopic (exact) mass is 341 g/mol. The van der Waals surface area contributed by atoms with Crippen LogP contribution < -0.4 is 4.74 Å². The summed E-state index contributed by atoms with van der Waals surface area (Å²) in [6.07, 6.45) is -0.759. The fraction of sp³-hybridized carbons (Fsp3) is 0.381. The van der Waals surface area contributed by atoms with Gasteiger partial charge in [-0.2, -0.15) is 0 Å². The average molecular weight is 341 g/mol. The zero-order chi connectivity index (χ0) is 18.6. The average Bonchev–Trinajstić information content (AvgIpc) is 2.60. The SMILES string of the molecule is COc1cccc(C(O)c2ccc(C(=O)N(C(C)C)C(C)C)cc2)c1. The number of nitrogens with zero attached hydrogens (tertiary/aromatic N) is 1. The Morgan fingerprint density at radius 3 is 2.08 bits per heavy atom. The number of aliphatic hydroxyl groups excluding tert-OH is 1. The summed E-state index contributed by atoms with van der Waals surface area (Å²) in [6.45, 7) is 8.05. The second-order valence-electron chi connectivity index (χ2n) is 6.70. The molecule has 134 valence electrons. The molecule has 0 aliphatic heterocycles. The second kappa shape index (κ2) is 8.17. The minimum Gasteiger partial charge on any atom is -0.497 e. The van der Waals surface area contributed by atoms with Crippen molar-refractivity contribution in [3.05, 3.63) is 65.2 Å². The van der Waals surface area contributed by atoms with Gasteiger partial charge >= 0.3 is 0 Å². The molecule has 4 heteroatoms. The van der Waals surface area contributed by atoms with Crippen molar-refractivity contribution in [3.8, 4) is 5.75 Å². The van der Waals surface area contributed by atoms with Gasteiger partial charge in [-0.1, -0.05) is 24.3 Å². The summed E-state index contributed by atoms with van der Waals surface area (Å²) in [5, 5.41) is 10.6. The molecule has 0 saturated carbocycles. The Labute approximate surface area is 150 Å². The van der Waals surface area contributed by atoms with Crippen molar-refractivity contribution in [2.45, 2.75) is 45.9 Å². The zero-order valence-electron chi connectivity index (χ0n) is 15.6. The molecule has 0 saturated heterocycles. The van der Waals surface area contributed by atoms with E-state index >= 15 is 0 Å². The molecule has 25 heavy (non-hydrogen) atoms. The van der Waals surface area contributed by atoms with Gasteiger partial charge in [-0.15, -0.1) is 0 Å². The summed E-state index contributed by atoms with van der Waals surface area (Å²) < 4.78 is 5.20. The summed E-state index contributed by atoms with van der Waals surface area (Å²) in [5.74, 6) is 0.709. The Bertz CT molecular complexity index is 699. The predicted molar refractivity (Wildman–Crippen MR) is 99.9 cm³/mol. The van der Waals surface area contributed by atoms with E-state index in [-0.39, 0.29) is 18.0 Å². The van der Waals surface area contributed by atoms with Crippen LogP contribution in [0.15, 0.2) is 48.5 Å². The molecular formula is C21H27NO3. The number of aliphatic hydroxyl groups is 1. The van der Waals surface area contributed by atoms with E-state index in [9.17, 15) is 9.90 Å². The summed E-state index contributed by atoms with van der Waals surface area (Å²) in [4.78, 5) is 14.6. The third-order valence-electron chi connectivity index (χ3n) is 4.23. The maximum atomic E-state index is 12.7. The van der Waals surface area contributed by atoms with Gasteiger partial charge in [0, 0.05) is 17.6 Å². The number of carbonyl (C=O) groups is 1. The Morgan fingerprint density at radius 2 is 1.56 bits per heavy atom. The first-order chi connectivity index (χ1) is 11.8. The number of ether oxygens (including phenoxy) is 1. The minimum absolute atomic E-state index is 0.00687. The van der Waals surface area contributed by atoms with E-state index in [2.05, 4.69) is 0 Å². The largest absolute Gasteiger partial charge is 0.497 e. The fourth-order valence-electron chi connectivity index (χ4n) is 3.03. The molecule has 1 amide bonds. The molecule has 1 unspecified atom stereocenters. The van der Waals surface area contributed by atoms with Gasteiger partial charge in [-0.05, 0) is 63.1 Å². The number of methoxy groups -OCH3 is 1. The van der Waals surface area contributed by atoms with Crippen molar-refractivity contribution in [2.75, 3.05) is 7.11 Å². The van der Waals surface area contributed by atoms with Crippen LogP contribution in [0.2, 0.25) is 0 Å². The summed E-state index contributed by atoms with van der Waals surface area (Å²) in [7, 11) is 1.60. The van der Waals surface area contributed by atoms with Crippen molar-refractivity contribution < 1.29 is 14.6 Å². The molecule has 4 nitrogen and oxygen atoms in total. The van der Waals surface area contributed by atoms with Crippen LogP contribution in [0.5, 0.6) is 5.75 Å². The molecule has 0 radical (unpaired) electrons. The van der Waals surface area contributed by atoms with Gasteiger partial charge < -0.3 is 14.7 Å². The highest BCUT2D eigenvalue weighted by Crippen LogP contribution is 2.25. The molecule has 0 heterocycles. The highest BCUT2D eigenvalue weighted by atomic mass is 16.5. The van der Waals surface area contributed by atoms with E-state index in [4.69, 9.17) is 4.74 Å². The van der Waals surface area contributed by atoms with E-state index in [0.29, 0.717) is 11.3 Å². The molecule has 0 aromatic heterocycles. The molecular weight excluding hydrogens is 314 g/mol. The molecule has 2 aromatic rings. The van der Waals surface area contributed by atoms with E-state index < -0.39 is 6.10 Å². The van der Waals surface area contributed by atoms with Crippen LogP contribution in [-0.4, -0.2) is 35.1 Å².